The summed E-state index contributed by atoms with van der Waals surface area (Å²) >= 11 is 7.31. The van der Waals surface area contributed by atoms with Crippen LogP contribution in [0.3, 0.4) is 0 Å². The first-order valence-electron chi connectivity index (χ1n) is 9.76. The molecule has 31 heavy (non-hydrogen) atoms. The lowest BCUT2D eigenvalue weighted by Gasteiger charge is -2.07. The van der Waals surface area contributed by atoms with Gasteiger partial charge in [-0.1, -0.05) is 72.8 Å². The highest BCUT2D eigenvalue weighted by atomic mass is 35.5. The Bertz CT molecular complexity index is 1280. The van der Waals surface area contributed by atoms with Crippen molar-refractivity contribution >= 4 is 34.8 Å². The fourth-order valence-electron chi connectivity index (χ4n) is 3.05. The van der Waals surface area contributed by atoms with Gasteiger partial charge in [0.15, 0.2) is 0 Å². The molecule has 2 N–H and O–H groups in total. The molecule has 0 fully saturated rings. The molecule has 4 aromatic rings. The van der Waals surface area contributed by atoms with Crippen LogP contribution in [0.5, 0.6) is 0 Å². The number of carbonyl (C=O) groups excluding carboxylic acids is 1. The Morgan fingerprint density at radius 2 is 1.97 bits per heavy atom. The molecular weight excluding hydrogens is 434 g/mol. The van der Waals surface area contributed by atoms with E-state index in [-0.39, 0.29) is 17.2 Å². The summed E-state index contributed by atoms with van der Waals surface area (Å²) in [5.74, 6) is -0.0486. The van der Waals surface area contributed by atoms with Gasteiger partial charge in [-0.05, 0) is 29.7 Å². The number of benzene rings is 2. The van der Waals surface area contributed by atoms with Gasteiger partial charge in [-0.25, -0.2) is 9.61 Å². The second-order valence-corrected chi connectivity index (χ2v) is 8.22. The van der Waals surface area contributed by atoms with Crippen molar-refractivity contribution < 1.29 is 4.79 Å². The van der Waals surface area contributed by atoms with Gasteiger partial charge < -0.3 is 5.32 Å². The zero-order valence-electron chi connectivity index (χ0n) is 16.8. The maximum Gasteiger partial charge on any atom is 0.290 e. The van der Waals surface area contributed by atoms with Gasteiger partial charge in [0.25, 0.3) is 5.56 Å². The molecular formula is C22H20ClN5O2S. The minimum atomic E-state index is -0.337. The van der Waals surface area contributed by atoms with Crippen LogP contribution < -0.4 is 10.9 Å². The molecule has 0 unspecified atom stereocenters. The van der Waals surface area contributed by atoms with Crippen LogP contribution >= 0.6 is 23.4 Å². The van der Waals surface area contributed by atoms with Gasteiger partial charge in [-0.15, -0.1) is 5.10 Å². The van der Waals surface area contributed by atoms with Crippen LogP contribution in [-0.4, -0.2) is 31.5 Å². The molecule has 0 atom stereocenters. The molecule has 4 rings (SSSR count). The molecule has 0 bridgehead atoms. The van der Waals surface area contributed by atoms with E-state index in [4.69, 9.17) is 11.6 Å². The van der Waals surface area contributed by atoms with Crippen molar-refractivity contribution in [2.45, 2.75) is 25.0 Å². The third kappa shape index (κ3) is 4.81. The maximum atomic E-state index is 12.3. The van der Waals surface area contributed by atoms with Gasteiger partial charge >= 0.3 is 0 Å². The lowest BCUT2D eigenvalue weighted by Crippen LogP contribution is -2.25. The van der Waals surface area contributed by atoms with Crippen LogP contribution in [0.25, 0.3) is 16.8 Å². The Morgan fingerprint density at radius 3 is 2.71 bits per heavy atom. The van der Waals surface area contributed by atoms with E-state index in [1.54, 1.807) is 12.1 Å². The third-order valence-corrected chi connectivity index (χ3v) is 6.10. The highest BCUT2D eigenvalue weighted by Crippen LogP contribution is 2.22. The SMILES string of the molecule is CCc1ccc(-c2cc3c(=O)[nH]nc(SCC(=O)NCc4ccccc4Cl)n3n2)cc1. The molecule has 0 saturated carbocycles. The number of H-pyrrole nitrogens is 1. The van der Waals surface area contributed by atoms with E-state index in [2.05, 4.69) is 27.5 Å². The summed E-state index contributed by atoms with van der Waals surface area (Å²) in [7, 11) is 0. The average molecular weight is 454 g/mol. The highest BCUT2D eigenvalue weighted by molar-refractivity contribution is 7.99. The van der Waals surface area contributed by atoms with Gasteiger partial charge in [-0.3, -0.25) is 9.59 Å². The maximum absolute atomic E-state index is 12.3. The van der Waals surface area contributed by atoms with Gasteiger partial charge in [0.2, 0.25) is 11.1 Å². The van der Waals surface area contributed by atoms with Crippen molar-refractivity contribution in [2.75, 3.05) is 5.75 Å². The average Bonchev–Trinajstić information content (AvgIpc) is 3.25. The lowest BCUT2D eigenvalue weighted by molar-refractivity contribution is -0.118. The standard InChI is InChI=1S/C22H20ClN5O2S/c1-2-14-7-9-15(10-8-14)18-11-19-21(30)25-26-22(28(19)27-18)31-13-20(29)24-12-16-5-3-4-6-17(16)23/h3-11H,2,12-13H2,1H3,(H,24,29)(H,25,30). The Balaban J connectivity index is 1.49. The monoisotopic (exact) mass is 453 g/mol. The molecule has 0 aliphatic heterocycles. The summed E-state index contributed by atoms with van der Waals surface area (Å²) in [6.07, 6.45) is 0.953. The van der Waals surface area contributed by atoms with Crippen LogP contribution in [0, 0.1) is 0 Å². The minimum Gasteiger partial charge on any atom is -0.351 e. The smallest absolute Gasteiger partial charge is 0.290 e. The van der Waals surface area contributed by atoms with Gasteiger partial charge in [0.1, 0.15) is 5.52 Å². The Morgan fingerprint density at radius 1 is 1.19 bits per heavy atom. The van der Waals surface area contributed by atoms with Crippen LogP contribution in [0.1, 0.15) is 18.1 Å². The number of nitrogens with one attached hydrogen (secondary N) is 2. The number of hydrogen-bond acceptors (Lipinski definition) is 5. The number of aromatic amines is 1. The van der Waals surface area contributed by atoms with Crippen molar-refractivity contribution in [2.24, 2.45) is 0 Å². The van der Waals surface area contributed by atoms with Crippen LogP contribution in [0.4, 0.5) is 0 Å². The molecule has 2 heterocycles. The van der Waals surface area contributed by atoms with Crippen molar-refractivity contribution in [1.29, 1.82) is 0 Å². The van der Waals surface area contributed by atoms with E-state index in [0.29, 0.717) is 27.9 Å². The predicted octanol–water partition coefficient (Wildman–Crippen LogP) is 3.71. The quantitative estimate of drug-likeness (QED) is 0.416. The molecule has 0 saturated heterocycles. The van der Waals surface area contributed by atoms with Crippen LogP contribution in [-0.2, 0) is 17.8 Å². The number of hydrogen-bond donors (Lipinski definition) is 2. The minimum absolute atomic E-state index is 0.124. The molecule has 1 amide bonds. The number of fused-ring (bicyclic) bond motifs is 1. The van der Waals surface area contributed by atoms with Crippen molar-refractivity contribution in [3.8, 4) is 11.3 Å². The first-order valence-corrected chi connectivity index (χ1v) is 11.1. The van der Waals surface area contributed by atoms with E-state index >= 15 is 0 Å². The van der Waals surface area contributed by atoms with Gasteiger partial charge in [0, 0.05) is 17.1 Å². The predicted molar refractivity (Wildman–Crippen MR) is 122 cm³/mol. The normalized spacial score (nSPS) is 11.0. The number of amides is 1. The van der Waals surface area contributed by atoms with E-state index in [1.165, 1.54) is 21.8 Å². The molecule has 158 valence electrons. The summed E-state index contributed by atoms with van der Waals surface area (Å²) in [5, 5.41) is 15.0. The number of carbonyl (C=O) groups is 1. The second kappa shape index (κ2) is 9.36. The number of aromatic nitrogens is 4. The number of rotatable bonds is 7. The highest BCUT2D eigenvalue weighted by Gasteiger charge is 2.14. The van der Waals surface area contributed by atoms with E-state index in [9.17, 15) is 9.59 Å². The summed E-state index contributed by atoms with van der Waals surface area (Å²) in [6, 6.07) is 17.1. The molecule has 9 heteroatoms. The summed E-state index contributed by atoms with van der Waals surface area (Å²) < 4.78 is 1.48. The van der Waals surface area contributed by atoms with Crippen molar-refractivity contribution in [3.05, 3.63) is 81.1 Å². The number of nitrogens with zero attached hydrogens (tertiary/aromatic N) is 3. The van der Waals surface area contributed by atoms with Crippen LogP contribution in [0.2, 0.25) is 5.02 Å². The largest absolute Gasteiger partial charge is 0.351 e. The number of aryl methyl sites for hydroxylation is 1. The van der Waals surface area contributed by atoms with E-state index < -0.39 is 0 Å². The summed E-state index contributed by atoms with van der Waals surface area (Å²) in [5.41, 5.74) is 3.70. The zero-order valence-corrected chi connectivity index (χ0v) is 18.3. The van der Waals surface area contributed by atoms with Crippen molar-refractivity contribution in [3.63, 3.8) is 0 Å². The fourth-order valence-corrected chi connectivity index (χ4v) is 3.99. The topological polar surface area (TPSA) is 92.1 Å². The first-order chi connectivity index (χ1) is 15.0. The second-order valence-electron chi connectivity index (χ2n) is 6.87. The number of thioether (sulfide) groups is 1. The third-order valence-electron chi connectivity index (χ3n) is 4.80. The van der Waals surface area contributed by atoms with Crippen LogP contribution in [0.15, 0.2) is 64.5 Å². The Hall–Kier alpha value is -3.10. The molecule has 0 aliphatic carbocycles. The molecule has 0 aliphatic rings. The zero-order chi connectivity index (χ0) is 21.8. The van der Waals surface area contributed by atoms with Crippen molar-refractivity contribution in [1.82, 2.24) is 25.1 Å². The molecule has 7 nitrogen and oxygen atoms in total. The lowest BCUT2D eigenvalue weighted by atomic mass is 10.1. The molecule has 0 radical (unpaired) electrons. The summed E-state index contributed by atoms with van der Waals surface area (Å²) in [6.45, 7) is 2.44. The van der Waals surface area contributed by atoms with E-state index in [0.717, 1.165) is 17.5 Å². The summed E-state index contributed by atoms with van der Waals surface area (Å²) in [4.78, 5) is 24.5. The fraction of sp³-hybridized carbons (Fsp3) is 0.182. The molecule has 2 aromatic carbocycles. The molecule has 0 spiro atoms. The Labute approximate surface area is 187 Å². The molecule has 2 aromatic heterocycles. The van der Waals surface area contributed by atoms with E-state index in [1.807, 2.05) is 42.5 Å². The number of halogens is 1. The van der Waals surface area contributed by atoms with Gasteiger partial charge in [-0.2, -0.15) is 5.10 Å². The van der Waals surface area contributed by atoms with Gasteiger partial charge in [0.05, 0.1) is 11.4 Å². The Kier molecular flexibility index (Phi) is 6.39. The first kappa shape index (κ1) is 21.1.